The molecule has 1 fully saturated rings. The van der Waals surface area contributed by atoms with Crippen LogP contribution in [-0.4, -0.2) is 17.1 Å². The van der Waals surface area contributed by atoms with Gasteiger partial charge in [-0.15, -0.1) is 0 Å². The lowest BCUT2D eigenvalue weighted by Gasteiger charge is -2.46. The largest absolute Gasteiger partial charge is 0.508 e. The Balaban J connectivity index is 2.09. The summed E-state index contributed by atoms with van der Waals surface area (Å²) in [5.74, 6) is 0.0390. The fourth-order valence-corrected chi connectivity index (χ4v) is 3.92. The van der Waals surface area contributed by atoms with Gasteiger partial charge in [-0.05, 0) is 48.3 Å². The lowest BCUT2D eigenvalue weighted by atomic mass is 9.61. The van der Waals surface area contributed by atoms with Gasteiger partial charge in [-0.2, -0.15) is 0 Å². The molecule has 1 aliphatic rings. The molecule has 2 rings (SSSR count). The van der Waals surface area contributed by atoms with Crippen molar-refractivity contribution in [2.24, 2.45) is 10.8 Å². The third kappa shape index (κ3) is 3.99. The van der Waals surface area contributed by atoms with E-state index in [1.807, 2.05) is 0 Å². The molecule has 0 saturated heterocycles. The van der Waals surface area contributed by atoms with Gasteiger partial charge >= 0.3 is 0 Å². The summed E-state index contributed by atoms with van der Waals surface area (Å²) < 4.78 is 0. The van der Waals surface area contributed by atoms with Crippen molar-refractivity contribution in [3.8, 4) is 5.75 Å². The van der Waals surface area contributed by atoms with Gasteiger partial charge in [0.1, 0.15) is 5.75 Å². The first-order valence-electron chi connectivity index (χ1n) is 7.83. The van der Waals surface area contributed by atoms with E-state index in [0.29, 0.717) is 11.0 Å². The van der Waals surface area contributed by atoms with Gasteiger partial charge < -0.3 is 10.4 Å². The van der Waals surface area contributed by atoms with E-state index in [-0.39, 0.29) is 23.1 Å². The first kappa shape index (κ1) is 15.9. The lowest BCUT2D eigenvalue weighted by Crippen LogP contribution is -2.46. The average molecular weight is 289 g/mol. The third-order valence-corrected chi connectivity index (χ3v) is 4.74. The Morgan fingerprint density at radius 1 is 1.33 bits per heavy atom. The second-order valence-corrected chi connectivity index (χ2v) is 7.63. The maximum absolute atomic E-state index is 12.4. The van der Waals surface area contributed by atoms with Crippen LogP contribution in [0.4, 0.5) is 0 Å². The van der Waals surface area contributed by atoms with Gasteiger partial charge in [-0.1, -0.05) is 40.2 Å². The van der Waals surface area contributed by atoms with Crippen LogP contribution in [-0.2, 0) is 0 Å². The first-order chi connectivity index (χ1) is 9.73. The summed E-state index contributed by atoms with van der Waals surface area (Å²) in [6, 6.07) is 6.73. The zero-order valence-electron chi connectivity index (χ0n) is 13.6. The molecule has 2 unspecified atom stereocenters. The number of nitrogens with one attached hydrogen (secondary N) is 1. The predicted molar refractivity (Wildman–Crippen MR) is 85.4 cm³/mol. The average Bonchev–Trinajstić information content (AvgIpc) is 2.36. The van der Waals surface area contributed by atoms with Gasteiger partial charge in [0.05, 0.1) is 0 Å². The Labute approximate surface area is 127 Å². The Hall–Kier alpha value is -1.51. The topological polar surface area (TPSA) is 49.3 Å². The van der Waals surface area contributed by atoms with E-state index in [0.717, 1.165) is 19.3 Å². The molecule has 2 atom stereocenters. The van der Waals surface area contributed by atoms with Gasteiger partial charge in [0.15, 0.2) is 0 Å². The van der Waals surface area contributed by atoms with E-state index >= 15 is 0 Å². The van der Waals surface area contributed by atoms with Crippen LogP contribution < -0.4 is 5.32 Å². The SMILES string of the molecule is CCC1(C)CC(NC(=O)c2cccc(O)c2)CC(C)(C)C1. The van der Waals surface area contributed by atoms with Crippen LogP contribution in [0.1, 0.15) is 63.7 Å². The Morgan fingerprint density at radius 3 is 2.67 bits per heavy atom. The molecule has 0 aliphatic heterocycles. The van der Waals surface area contributed by atoms with E-state index in [9.17, 15) is 9.90 Å². The van der Waals surface area contributed by atoms with Crippen molar-refractivity contribution in [1.82, 2.24) is 5.32 Å². The Kier molecular flexibility index (Phi) is 4.31. The molecule has 1 aromatic carbocycles. The highest BCUT2D eigenvalue weighted by atomic mass is 16.3. The molecule has 1 aromatic rings. The van der Waals surface area contributed by atoms with Crippen molar-refractivity contribution in [1.29, 1.82) is 0 Å². The van der Waals surface area contributed by atoms with E-state index < -0.39 is 0 Å². The fourth-order valence-electron chi connectivity index (χ4n) is 3.92. The van der Waals surface area contributed by atoms with Crippen molar-refractivity contribution in [3.63, 3.8) is 0 Å². The highest BCUT2D eigenvalue weighted by molar-refractivity contribution is 5.94. The molecule has 3 nitrogen and oxygen atoms in total. The molecule has 3 heteroatoms. The number of carbonyl (C=O) groups is 1. The number of hydrogen-bond donors (Lipinski definition) is 2. The molecule has 0 spiro atoms. The first-order valence-corrected chi connectivity index (χ1v) is 7.83. The van der Waals surface area contributed by atoms with Crippen LogP contribution in [0.15, 0.2) is 24.3 Å². The van der Waals surface area contributed by atoms with Gasteiger partial charge in [-0.25, -0.2) is 0 Å². The summed E-state index contributed by atoms with van der Waals surface area (Å²) in [6.45, 7) is 9.12. The van der Waals surface area contributed by atoms with Crippen molar-refractivity contribution in [2.45, 2.75) is 59.4 Å². The Bertz CT molecular complexity index is 524. The highest BCUT2D eigenvalue weighted by Gasteiger charge is 2.40. The van der Waals surface area contributed by atoms with E-state index in [4.69, 9.17) is 0 Å². The van der Waals surface area contributed by atoms with E-state index in [1.165, 1.54) is 12.5 Å². The molecule has 116 valence electrons. The summed E-state index contributed by atoms with van der Waals surface area (Å²) in [6.07, 6.45) is 4.37. The van der Waals surface area contributed by atoms with E-state index in [2.05, 4.69) is 33.0 Å². The quantitative estimate of drug-likeness (QED) is 0.879. The number of benzene rings is 1. The van der Waals surface area contributed by atoms with Crippen LogP contribution in [0.25, 0.3) is 0 Å². The summed E-state index contributed by atoms with van der Waals surface area (Å²) >= 11 is 0. The monoisotopic (exact) mass is 289 g/mol. The summed E-state index contributed by atoms with van der Waals surface area (Å²) in [4.78, 5) is 12.4. The maximum Gasteiger partial charge on any atom is 0.251 e. The second-order valence-electron chi connectivity index (χ2n) is 7.63. The molecule has 0 radical (unpaired) electrons. The lowest BCUT2D eigenvalue weighted by molar-refractivity contribution is 0.0607. The normalized spacial score (nSPS) is 28.1. The number of rotatable bonds is 3. The molecule has 21 heavy (non-hydrogen) atoms. The minimum Gasteiger partial charge on any atom is -0.508 e. The number of carbonyl (C=O) groups excluding carboxylic acids is 1. The molecular weight excluding hydrogens is 262 g/mol. The molecule has 1 aliphatic carbocycles. The molecule has 0 heterocycles. The van der Waals surface area contributed by atoms with Crippen LogP contribution in [0, 0.1) is 10.8 Å². The van der Waals surface area contributed by atoms with Crippen LogP contribution in [0.2, 0.25) is 0 Å². The van der Waals surface area contributed by atoms with Crippen LogP contribution in [0.5, 0.6) is 5.75 Å². The molecule has 0 bridgehead atoms. The van der Waals surface area contributed by atoms with Gasteiger partial charge in [0.2, 0.25) is 0 Å². The van der Waals surface area contributed by atoms with Gasteiger partial charge in [-0.3, -0.25) is 4.79 Å². The second kappa shape index (κ2) is 5.70. The fraction of sp³-hybridized carbons (Fsp3) is 0.611. The molecule has 0 aromatic heterocycles. The summed E-state index contributed by atoms with van der Waals surface area (Å²) in [7, 11) is 0. The minimum absolute atomic E-state index is 0.0907. The standard InChI is InChI=1S/C18H27NO2/c1-5-18(4)11-14(10-17(2,3)12-18)19-16(21)13-7-6-8-15(20)9-13/h6-9,14,20H,5,10-12H2,1-4H3,(H,19,21). The van der Waals surface area contributed by atoms with Crippen molar-refractivity contribution in [3.05, 3.63) is 29.8 Å². The Morgan fingerprint density at radius 2 is 2.05 bits per heavy atom. The third-order valence-electron chi connectivity index (χ3n) is 4.74. The van der Waals surface area contributed by atoms with Crippen LogP contribution in [0.3, 0.4) is 0 Å². The number of phenols is 1. The van der Waals surface area contributed by atoms with Gasteiger partial charge in [0, 0.05) is 11.6 Å². The minimum atomic E-state index is -0.0907. The van der Waals surface area contributed by atoms with E-state index in [1.54, 1.807) is 18.2 Å². The molecular formula is C18H27NO2. The predicted octanol–water partition coefficient (Wildman–Crippen LogP) is 4.12. The van der Waals surface area contributed by atoms with Crippen LogP contribution >= 0.6 is 0 Å². The van der Waals surface area contributed by atoms with Crippen molar-refractivity contribution >= 4 is 5.91 Å². The number of hydrogen-bond acceptors (Lipinski definition) is 2. The highest BCUT2D eigenvalue weighted by Crippen LogP contribution is 2.47. The molecule has 1 amide bonds. The maximum atomic E-state index is 12.4. The zero-order chi connectivity index (χ0) is 15.7. The molecule has 2 N–H and O–H groups in total. The summed E-state index contributed by atoms with van der Waals surface area (Å²) in [5.41, 5.74) is 1.06. The smallest absolute Gasteiger partial charge is 0.251 e. The molecule has 1 saturated carbocycles. The summed E-state index contributed by atoms with van der Waals surface area (Å²) in [5, 5.41) is 12.6. The van der Waals surface area contributed by atoms with Crippen molar-refractivity contribution in [2.75, 3.05) is 0 Å². The number of phenolic OH excluding ortho intramolecular Hbond substituents is 1. The number of amides is 1. The number of aromatic hydroxyl groups is 1. The van der Waals surface area contributed by atoms with Crippen molar-refractivity contribution < 1.29 is 9.90 Å². The van der Waals surface area contributed by atoms with Gasteiger partial charge in [0.25, 0.3) is 5.91 Å². The zero-order valence-corrected chi connectivity index (χ0v) is 13.6.